The number of aryl methyl sites for hydroxylation is 1. The van der Waals surface area contributed by atoms with Crippen LogP contribution in [-0.4, -0.2) is 27.5 Å². The summed E-state index contributed by atoms with van der Waals surface area (Å²) in [6, 6.07) is 14.3. The van der Waals surface area contributed by atoms with Crippen molar-refractivity contribution in [2.24, 2.45) is 0 Å². The lowest BCUT2D eigenvalue weighted by atomic mass is 10.1. The van der Waals surface area contributed by atoms with Gasteiger partial charge in [0.15, 0.2) is 0 Å². The van der Waals surface area contributed by atoms with E-state index in [1.165, 1.54) is 18.4 Å². The van der Waals surface area contributed by atoms with Crippen molar-refractivity contribution in [1.82, 2.24) is 0 Å². The fraction of sp³-hybridized carbons (Fsp3) is 0.458. The summed E-state index contributed by atoms with van der Waals surface area (Å²) in [6.07, 6.45) is 12.0. The van der Waals surface area contributed by atoms with E-state index in [1.807, 2.05) is 18.2 Å². The first kappa shape index (κ1) is 23.3. The highest BCUT2D eigenvalue weighted by molar-refractivity contribution is 7.99. The molecule has 0 unspecified atom stereocenters. The van der Waals surface area contributed by atoms with Crippen LogP contribution in [0.5, 0.6) is 0 Å². The van der Waals surface area contributed by atoms with Gasteiger partial charge in [-0.25, -0.2) is 0 Å². The van der Waals surface area contributed by atoms with Crippen molar-refractivity contribution < 1.29 is 19.4 Å². The van der Waals surface area contributed by atoms with E-state index in [0.29, 0.717) is 18.6 Å². The van der Waals surface area contributed by atoms with Crippen molar-refractivity contribution in [3.8, 4) is 0 Å². The summed E-state index contributed by atoms with van der Waals surface area (Å²) in [5, 5.41) is 19.3. The van der Waals surface area contributed by atoms with E-state index in [4.69, 9.17) is 9.52 Å². The standard InChI is InChI=1S/C24H32O4S/c25-22(15-9-17-24(26)27)23(29-19-21-14-10-18-28-21)16-8-3-1-2-5-11-20-12-6-4-7-13-20/h4,6-8,10,12-14,16,18,22-23,25H,1-3,5,9,11,15,17,19H2,(H,26,27)/t22-,23+/m1/s1. The van der Waals surface area contributed by atoms with E-state index in [2.05, 4.69) is 36.4 Å². The van der Waals surface area contributed by atoms with Crippen molar-refractivity contribution in [3.63, 3.8) is 0 Å². The molecule has 2 aromatic rings. The third-order valence-corrected chi connectivity index (χ3v) is 6.08. The molecule has 2 atom stereocenters. The maximum absolute atomic E-state index is 10.7. The Kier molecular flexibility index (Phi) is 11.3. The van der Waals surface area contributed by atoms with Crippen molar-refractivity contribution in [2.75, 3.05) is 0 Å². The Labute approximate surface area is 178 Å². The van der Waals surface area contributed by atoms with Crippen LogP contribution in [0, 0.1) is 0 Å². The zero-order valence-corrected chi connectivity index (χ0v) is 17.7. The smallest absolute Gasteiger partial charge is 0.303 e. The topological polar surface area (TPSA) is 70.7 Å². The van der Waals surface area contributed by atoms with Crippen LogP contribution >= 0.6 is 11.8 Å². The molecule has 0 bridgehead atoms. The summed E-state index contributed by atoms with van der Waals surface area (Å²) in [4.78, 5) is 10.7. The average molecular weight is 417 g/mol. The van der Waals surface area contributed by atoms with E-state index in [0.717, 1.165) is 25.0 Å². The zero-order chi connectivity index (χ0) is 20.7. The first-order valence-corrected chi connectivity index (χ1v) is 11.4. The van der Waals surface area contributed by atoms with Gasteiger partial charge >= 0.3 is 5.97 Å². The Morgan fingerprint density at radius 3 is 2.62 bits per heavy atom. The lowest BCUT2D eigenvalue weighted by Crippen LogP contribution is -2.21. The van der Waals surface area contributed by atoms with Crippen LogP contribution in [0.1, 0.15) is 56.3 Å². The van der Waals surface area contributed by atoms with E-state index in [-0.39, 0.29) is 11.7 Å². The van der Waals surface area contributed by atoms with Gasteiger partial charge in [-0.2, -0.15) is 0 Å². The second kappa shape index (κ2) is 14.1. The molecule has 0 aliphatic heterocycles. The zero-order valence-electron chi connectivity index (χ0n) is 16.9. The van der Waals surface area contributed by atoms with E-state index < -0.39 is 12.1 Å². The van der Waals surface area contributed by atoms with Crippen molar-refractivity contribution in [1.29, 1.82) is 0 Å². The van der Waals surface area contributed by atoms with E-state index >= 15 is 0 Å². The second-order valence-electron chi connectivity index (χ2n) is 7.22. The van der Waals surface area contributed by atoms with E-state index in [9.17, 15) is 9.90 Å². The highest BCUT2D eigenvalue weighted by Gasteiger charge is 2.18. The number of carbonyl (C=O) groups is 1. The van der Waals surface area contributed by atoms with Gasteiger partial charge in [-0.3, -0.25) is 4.79 Å². The Morgan fingerprint density at radius 2 is 1.90 bits per heavy atom. The van der Waals surface area contributed by atoms with Crippen LogP contribution in [0.15, 0.2) is 65.3 Å². The molecule has 0 aliphatic rings. The number of rotatable bonds is 15. The molecular weight excluding hydrogens is 384 g/mol. The number of aliphatic hydroxyl groups is 1. The SMILES string of the molecule is O=C(O)CCC[C@@H](O)[C@H](C=CCCCCCc1ccccc1)SCc1ccco1. The van der Waals surface area contributed by atoms with Crippen LogP contribution < -0.4 is 0 Å². The summed E-state index contributed by atoms with van der Waals surface area (Å²) in [7, 11) is 0. The Balaban J connectivity index is 1.71. The largest absolute Gasteiger partial charge is 0.481 e. The number of allylic oxidation sites excluding steroid dienone is 1. The first-order valence-electron chi connectivity index (χ1n) is 10.4. The fourth-order valence-corrected chi connectivity index (χ4v) is 4.24. The summed E-state index contributed by atoms with van der Waals surface area (Å²) < 4.78 is 5.38. The normalized spacial score (nSPS) is 13.6. The first-order chi connectivity index (χ1) is 14.1. The number of furan rings is 1. The minimum absolute atomic E-state index is 0.0572. The number of benzene rings is 1. The summed E-state index contributed by atoms with van der Waals surface area (Å²) in [6.45, 7) is 0. The van der Waals surface area contributed by atoms with Gasteiger partial charge in [0.2, 0.25) is 0 Å². The van der Waals surface area contributed by atoms with Gasteiger partial charge in [0.25, 0.3) is 0 Å². The van der Waals surface area contributed by atoms with Crippen LogP contribution in [0.2, 0.25) is 0 Å². The third kappa shape index (κ3) is 10.4. The Morgan fingerprint density at radius 1 is 1.07 bits per heavy atom. The van der Waals surface area contributed by atoms with Crippen LogP contribution in [0.25, 0.3) is 0 Å². The highest BCUT2D eigenvalue weighted by Crippen LogP contribution is 2.25. The number of hydrogen-bond acceptors (Lipinski definition) is 4. The molecule has 0 fully saturated rings. The van der Waals surface area contributed by atoms with Gasteiger partial charge < -0.3 is 14.6 Å². The van der Waals surface area contributed by atoms with Gasteiger partial charge in [-0.05, 0) is 56.2 Å². The molecule has 0 radical (unpaired) electrons. The molecule has 29 heavy (non-hydrogen) atoms. The predicted molar refractivity (Wildman–Crippen MR) is 119 cm³/mol. The summed E-state index contributed by atoms with van der Waals surface area (Å²) in [5.74, 6) is 0.754. The maximum Gasteiger partial charge on any atom is 0.303 e. The minimum Gasteiger partial charge on any atom is -0.481 e. The molecule has 158 valence electrons. The molecule has 1 aromatic heterocycles. The molecular formula is C24H32O4S. The average Bonchev–Trinajstić information content (AvgIpc) is 3.23. The molecule has 2 N–H and O–H groups in total. The Hall–Kier alpha value is -1.98. The van der Waals surface area contributed by atoms with Crippen molar-refractivity contribution >= 4 is 17.7 Å². The summed E-state index contributed by atoms with van der Waals surface area (Å²) in [5.41, 5.74) is 1.39. The van der Waals surface area contributed by atoms with Gasteiger partial charge in [0.1, 0.15) is 5.76 Å². The second-order valence-corrected chi connectivity index (χ2v) is 8.39. The molecule has 0 saturated carbocycles. The third-order valence-electron chi connectivity index (χ3n) is 4.77. The predicted octanol–water partition coefficient (Wildman–Crippen LogP) is 5.86. The lowest BCUT2D eigenvalue weighted by molar-refractivity contribution is -0.137. The number of unbranched alkanes of at least 4 members (excludes halogenated alkanes) is 3. The molecule has 0 amide bonds. The van der Waals surface area contributed by atoms with Crippen LogP contribution in [0.4, 0.5) is 0 Å². The monoisotopic (exact) mass is 416 g/mol. The van der Waals surface area contributed by atoms with Gasteiger partial charge in [-0.1, -0.05) is 48.9 Å². The molecule has 2 rings (SSSR count). The van der Waals surface area contributed by atoms with E-state index in [1.54, 1.807) is 18.0 Å². The van der Waals surface area contributed by atoms with Gasteiger partial charge in [0.05, 0.1) is 18.1 Å². The molecule has 5 heteroatoms. The number of aliphatic carboxylic acids is 1. The minimum atomic E-state index is -0.817. The lowest BCUT2D eigenvalue weighted by Gasteiger charge is -2.19. The summed E-state index contributed by atoms with van der Waals surface area (Å²) >= 11 is 1.63. The van der Waals surface area contributed by atoms with Gasteiger partial charge in [-0.15, -0.1) is 11.8 Å². The van der Waals surface area contributed by atoms with Crippen molar-refractivity contribution in [2.45, 2.75) is 68.5 Å². The van der Waals surface area contributed by atoms with Gasteiger partial charge in [0, 0.05) is 11.7 Å². The quantitative estimate of drug-likeness (QED) is 0.281. The molecule has 0 aliphatic carbocycles. The van der Waals surface area contributed by atoms with Crippen LogP contribution in [-0.2, 0) is 17.0 Å². The molecule has 0 saturated heterocycles. The fourth-order valence-electron chi connectivity index (χ4n) is 3.14. The highest BCUT2D eigenvalue weighted by atomic mass is 32.2. The molecule has 1 heterocycles. The number of hydrogen-bond donors (Lipinski definition) is 2. The Bertz CT molecular complexity index is 697. The van der Waals surface area contributed by atoms with Crippen LogP contribution in [0.3, 0.4) is 0 Å². The number of carboxylic acids is 1. The molecule has 0 spiro atoms. The molecule has 1 aromatic carbocycles. The number of aliphatic hydroxyl groups excluding tert-OH is 1. The number of thioether (sulfide) groups is 1. The van der Waals surface area contributed by atoms with Crippen molar-refractivity contribution in [3.05, 3.63) is 72.2 Å². The maximum atomic E-state index is 10.7. The molecule has 4 nitrogen and oxygen atoms in total. The number of carboxylic acid groups (broad SMARTS) is 1.